The zero-order valence-electron chi connectivity index (χ0n) is 19.2. The maximum Gasteiger partial charge on any atom is 0.251 e. The minimum atomic E-state index is -0.0266. The number of pyridine rings is 2. The molecule has 6 nitrogen and oxygen atoms in total. The highest BCUT2D eigenvalue weighted by Crippen LogP contribution is 2.25. The van der Waals surface area contributed by atoms with Crippen LogP contribution in [0.1, 0.15) is 11.3 Å². The van der Waals surface area contributed by atoms with Gasteiger partial charge in [0, 0.05) is 55.5 Å². The second-order valence-corrected chi connectivity index (χ2v) is 8.76. The molecule has 0 amide bonds. The number of fused-ring (bicyclic) bond motifs is 1. The number of aromatic nitrogens is 2. The van der Waals surface area contributed by atoms with E-state index in [1.54, 1.807) is 16.8 Å². The molecule has 1 aliphatic heterocycles. The van der Waals surface area contributed by atoms with Gasteiger partial charge in [-0.2, -0.15) is 0 Å². The van der Waals surface area contributed by atoms with E-state index >= 15 is 0 Å². The fraction of sp³-hybridized carbons (Fsp3) is 0.259. The van der Waals surface area contributed by atoms with E-state index < -0.39 is 0 Å². The van der Waals surface area contributed by atoms with E-state index in [1.807, 2.05) is 31.2 Å². The number of hydrogen-bond donors (Lipinski definition) is 1. The molecule has 0 radical (unpaired) electrons. The number of likely N-dealkylation sites (N-methyl/N-ethyl adjacent to an activating group) is 1. The minimum absolute atomic E-state index is 0.0266. The van der Waals surface area contributed by atoms with Gasteiger partial charge in [0.05, 0.1) is 17.8 Å². The molecule has 0 bridgehead atoms. The van der Waals surface area contributed by atoms with Crippen molar-refractivity contribution >= 4 is 28.0 Å². The van der Waals surface area contributed by atoms with Crippen molar-refractivity contribution in [3.63, 3.8) is 0 Å². The Kier molecular flexibility index (Phi) is 5.84. The number of anilines is 3. The van der Waals surface area contributed by atoms with Gasteiger partial charge in [-0.15, -0.1) is 0 Å². The van der Waals surface area contributed by atoms with Crippen molar-refractivity contribution in [1.82, 2.24) is 14.5 Å². The van der Waals surface area contributed by atoms with E-state index in [0.717, 1.165) is 59.7 Å². The van der Waals surface area contributed by atoms with Crippen molar-refractivity contribution in [3.05, 3.63) is 94.5 Å². The molecule has 0 aliphatic carbocycles. The van der Waals surface area contributed by atoms with Crippen molar-refractivity contribution < 1.29 is 0 Å². The van der Waals surface area contributed by atoms with Crippen molar-refractivity contribution in [2.75, 3.05) is 43.4 Å². The lowest BCUT2D eigenvalue weighted by Gasteiger charge is -2.34. The summed E-state index contributed by atoms with van der Waals surface area (Å²) in [7, 11) is 2.17. The van der Waals surface area contributed by atoms with Crippen molar-refractivity contribution in [3.8, 4) is 0 Å². The van der Waals surface area contributed by atoms with Crippen LogP contribution >= 0.6 is 0 Å². The van der Waals surface area contributed by atoms with Gasteiger partial charge in [0.1, 0.15) is 0 Å². The molecule has 1 aliphatic rings. The SMILES string of the molecule is Cc1cccnc1Cn1c(=O)ccc2ccc(Nc3ccc(N4CCN(C)CC4)cc3)cc21. The van der Waals surface area contributed by atoms with Crippen LogP contribution in [0.4, 0.5) is 17.1 Å². The Bertz CT molecular complexity index is 1320. The van der Waals surface area contributed by atoms with E-state index in [0.29, 0.717) is 6.54 Å². The van der Waals surface area contributed by atoms with E-state index in [1.165, 1.54) is 5.69 Å². The monoisotopic (exact) mass is 439 g/mol. The Morgan fingerprint density at radius 3 is 2.39 bits per heavy atom. The number of piperazine rings is 1. The summed E-state index contributed by atoms with van der Waals surface area (Å²) in [5, 5.41) is 4.52. The first-order valence-electron chi connectivity index (χ1n) is 11.4. The minimum Gasteiger partial charge on any atom is -0.369 e. The van der Waals surface area contributed by atoms with Crippen LogP contribution in [0.2, 0.25) is 0 Å². The summed E-state index contributed by atoms with van der Waals surface area (Å²) in [6.45, 7) is 6.78. The predicted octanol–water partition coefficient (Wildman–Crippen LogP) is 4.25. The molecule has 0 unspecified atom stereocenters. The second-order valence-electron chi connectivity index (χ2n) is 8.76. The summed E-state index contributed by atoms with van der Waals surface area (Å²) < 4.78 is 1.80. The molecule has 1 N–H and O–H groups in total. The molecule has 1 saturated heterocycles. The summed E-state index contributed by atoms with van der Waals surface area (Å²) in [5.74, 6) is 0. The molecule has 168 valence electrons. The van der Waals surface area contributed by atoms with Crippen LogP contribution < -0.4 is 15.8 Å². The molecule has 4 aromatic rings. The lowest BCUT2D eigenvalue weighted by molar-refractivity contribution is 0.313. The van der Waals surface area contributed by atoms with Crippen LogP contribution in [0.15, 0.2) is 77.7 Å². The third-order valence-electron chi connectivity index (χ3n) is 6.44. The first kappa shape index (κ1) is 21.2. The van der Waals surface area contributed by atoms with Crippen molar-refractivity contribution in [1.29, 1.82) is 0 Å². The van der Waals surface area contributed by atoms with Gasteiger partial charge >= 0.3 is 0 Å². The number of hydrogen-bond acceptors (Lipinski definition) is 5. The van der Waals surface area contributed by atoms with E-state index in [2.05, 4.69) is 63.5 Å². The largest absolute Gasteiger partial charge is 0.369 e. The lowest BCUT2D eigenvalue weighted by Crippen LogP contribution is -2.44. The van der Waals surface area contributed by atoms with Gasteiger partial charge in [-0.3, -0.25) is 9.78 Å². The van der Waals surface area contributed by atoms with Crippen molar-refractivity contribution in [2.24, 2.45) is 0 Å². The van der Waals surface area contributed by atoms with Gasteiger partial charge in [0.2, 0.25) is 0 Å². The number of nitrogens with one attached hydrogen (secondary N) is 1. The molecule has 2 aromatic heterocycles. The zero-order chi connectivity index (χ0) is 22.8. The van der Waals surface area contributed by atoms with Gasteiger partial charge in [0.25, 0.3) is 5.56 Å². The maximum absolute atomic E-state index is 12.7. The summed E-state index contributed by atoms with van der Waals surface area (Å²) in [6, 6.07) is 22.2. The van der Waals surface area contributed by atoms with Crippen LogP contribution in [0, 0.1) is 6.92 Å². The summed E-state index contributed by atoms with van der Waals surface area (Å²) in [6.07, 6.45) is 1.78. The zero-order valence-corrected chi connectivity index (χ0v) is 19.2. The fourth-order valence-electron chi connectivity index (χ4n) is 4.35. The number of nitrogens with zero attached hydrogens (tertiary/aromatic N) is 4. The highest BCUT2D eigenvalue weighted by molar-refractivity contribution is 5.83. The first-order chi connectivity index (χ1) is 16.1. The molecule has 33 heavy (non-hydrogen) atoms. The molecule has 5 rings (SSSR count). The second kappa shape index (κ2) is 9.08. The summed E-state index contributed by atoms with van der Waals surface area (Å²) in [5.41, 5.74) is 6.09. The van der Waals surface area contributed by atoms with Crippen LogP contribution in [0.5, 0.6) is 0 Å². The van der Waals surface area contributed by atoms with Crippen LogP contribution in [-0.2, 0) is 6.54 Å². The Labute approximate surface area is 194 Å². The Balaban J connectivity index is 1.40. The van der Waals surface area contributed by atoms with Gasteiger partial charge < -0.3 is 19.7 Å². The van der Waals surface area contributed by atoms with Crippen molar-refractivity contribution in [2.45, 2.75) is 13.5 Å². The Morgan fingerprint density at radius 1 is 0.909 bits per heavy atom. The molecular weight excluding hydrogens is 410 g/mol. The molecule has 1 fully saturated rings. The molecule has 2 aromatic carbocycles. The van der Waals surface area contributed by atoms with Gasteiger partial charge in [-0.05, 0) is 73.5 Å². The fourth-order valence-corrected chi connectivity index (χ4v) is 4.35. The van der Waals surface area contributed by atoms with E-state index in [4.69, 9.17) is 0 Å². The molecule has 3 heterocycles. The quantitative estimate of drug-likeness (QED) is 0.504. The smallest absolute Gasteiger partial charge is 0.251 e. The van der Waals surface area contributed by atoms with Gasteiger partial charge in [-0.1, -0.05) is 12.1 Å². The third-order valence-corrected chi connectivity index (χ3v) is 6.44. The molecule has 0 atom stereocenters. The van der Waals surface area contributed by atoms with E-state index in [-0.39, 0.29) is 5.56 Å². The Morgan fingerprint density at radius 2 is 1.64 bits per heavy atom. The predicted molar refractivity (Wildman–Crippen MR) is 136 cm³/mol. The molecule has 0 spiro atoms. The van der Waals surface area contributed by atoms with E-state index in [9.17, 15) is 4.79 Å². The normalized spacial score (nSPS) is 14.5. The number of benzene rings is 2. The average molecular weight is 440 g/mol. The average Bonchev–Trinajstić information content (AvgIpc) is 2.83. The third kappa shape index (κ3) is 4.61. The van der Waals surface area contributed by atoms with Gasteiger partial charge in [-0.25, -0.2) is 0 Å². The Hall–Kier alpha value is -3.64. The summed E-state index contributed by atoms with van der Waals surface area (Å²) in [4.78, 5) is 22.0. The maximum atomic E-state index is 12.7. The summed E-state index contributed by atoms with van der Waals surface area (Å²) >= 11 is 0. The topological polar surface area (TPSA) is 53.4 Å². The molecule has 0 saturated carbocycles. The highest BCUT2D eigenvalue weighted by atomic mass is 16.1. The molecule has 6 heteroatoms. The standard InChI is InChI=1S/C27H29N5O/c1-20-4-3-13-28-25(20)19-32-26-18-23(7-5-21(26)6-12-27(32)33)29-22-8-10-24(11-9-22)31-16-14-30(2)15-17-31/h3-13,18,29H,14-17,19H2,1-2H3. The highest BCUT2D eigenvalue weighted by Gasteiger charge is 2.14. The number of rotatable bonds is 5. The van der Waals surface area contributed by atoms with Gasteiger partial charge in [0.15, 0.2) is 0 Å². The van der Waals surface area contributed by atoms with Crippen LogP contribution in [0.25, 0.3) is 10.9 Å². The van der Waals surface area contributed by atoms with Crippen LogP contribution in [0.3, 0.4) is 0 Å². The first-order valence-corrected chi connectivity index (χ1v) is 11.4. The number of aryl methyl sites for hydroxylation is 1. The molecular formula is C27H29N5O. The lowest BCUT2D eigenvalue weighted by atomic mass is 10.1. The van der Waals surface area contributed by atoms with Crippen LogP contribution in [-0.4, -0.2) is 47.7 Å².